The first-order valence-electron chi connectivity index (χ1n) is 6.00. The van der Waals surface area contributed by atoms with E-state index in [-0.39, 0.29) is 5.54 Å². The first-order chi connectivity index (χ1) is 7.38. The number of nitrogens with one attached hydrogen (secondary N) is 1. The van der Waals surface area contributed by atoms with E-state index in [1.54, 1.807) is 6.33 Å². The fourth-order valence-electron chi connectivity index (χ4n) is 1.34. The molecule has 0 bridgehead atoms. The summed E-state index contributed by atoms with van der Waals surface area (Å²) in [7, 11) is 0. The zero-order valence-electron chi connectivity index (χ0n) is 11.1. The molecule has 1 aromatic rings. The lowest BCUT2D eigenvalue weighted by atomic mass is 10.1. The van der Waals surface area contributed by atoms with Crippen LogP contribution in [-0.2, 0) is 13.1 Å². The number of aromatic nitrogens is 3. The molecule has 0 fully saturated rings. The van der Waals surface area contributed by atoms with Crippen LogP contribution in [0, 0.1) is 5.92 Å². The Labute approximate surface area is 98.5 Å². The molecule has 0 aliphatic heterocycles. The van der Waals surface area contributed by atoms with Crippen molar-refractivity contribution in [3.63, 3.8) is 0 Å². The van der Waals surface area contributed by atoms with Gasteiger partial charge in [0.1, 0.15) is 12.2 Å². The lowest BCUT2D eigenvalue weighted by Crippen LogP contribution is -2.36. The minimum absolute atomic E-state index is 0.120. The van der Waals surface area contributed by atoms with Crippen LogP contribution in [0.1, 0.15) is 46.9 Å². The predicted molar refractivity (Wildman–Crippen MR) is 66.1 cm³/mol. The molecule has 0 unspecified atom stereocenters. The molecule has 92 valence electrons. The van der Waals surface area contributed by atoms with E-state index in [0.717, 1.165) is 25.3 Å². The molecule has 1 heterocycles. The lowest BCUT2D eigenvalue weighted by Gasteiger charge is -2.20. The van der Waals surface area contributed by atoms with E-state index in [0.29, 0.717) is 5.92 Å². The molecule has 1 rings (SSSR count). The zero-order chi connectivity index (χ0) is 12.2. The zero-order valence-corrected chi connectivity index (χ0v) is 11.1. The monoisotopic (exact) mass is 224 g/mol. The number of rotatable bonds is 5. The second-order valence-corrected chi connectivity index (χ2v) is 5.69. The normalized spacial score (nSPS) is 12.4. The molecule has 16 heavy (non-hydrogen) atoms. The summed E-state index contributed by atoms with van der Waals surface area (Å²) in [5.74, 6) is 1.73. The summed E-state index contributed by atoms with van der Waals surface area (Å²) in [4.78, 5) is 4.29. The summed E-state index contributed by atoms with van der Waals surface area (Å²) in [6.45, 7) is 12.7. The lowest BCUT2D eigenvalue weighted by molar-refractivity contribution is 0.400. The molecule has 4 heteroatoms. The van der Waals surface area contributed by atoms with Crippen LogP contribution in [-0.4, -0.2) is 20.3 Å². The summed E-state index contributed by atoms with van der Waals surface area (Å²) < 4.78 is 2.00. The van der Waals surface area contributed by atoms with Gasteiger partial charge in [0, 0.05) is 12.1 Å². The van der Waals surface area contributed by atoms with Gasteiger partial charge in [-0.3, -0.25) is 0 Å². The van der Waals surface area contributed by atoms with Crippen LogP contribution in [0.3, 0.4) is 0 Å². The Morgan fingerprint density at radius 2 is 2.06 bits per heavy atom. The maximum absolute atomic E-state index is 4.29. The summed E-state index contributed by atoms with van der Waals surface area (Å²) in [5.41, 5.74) is 0.120. The molecule has 4 nitrogen and oxygen atoms in total. The summed E-state index contributed by atoms with van der Waals surface area (Å²) >= 11 is 0. The van der Waals surface area contributed by atoms with Crippen molar-refractivity contribution in [3.8, 4) is 0 Å². The molecule has 0 aliphatic rings. The van der Waals surface area contributed by atoms with Crippen molar-refractivity contribution in [1.82, 2.24) is 20.1 Å². The van der Waals surface area contributed by atoms with Crippen molar-refractivity contribution >= 4 is 0 Å². The minimum Gasteiger partial charge on any atom is -0.305 e. The highest BCUT2D eigenvalue weighted by atomic mass is 15.3. The highest BCUT2D eigenvalue weighted by molar-refractivity contribution is 4.86. The quantitative estimate of drug-likeness (QED) is 0.834. The van der Waals surface area contributed by atoms with Gasteiger partial charge in [0.25, 0.3) is 0 Å². The third kappa shape index (κ3) is 4.75. The third-order valence-corrected chi connectivity index (χ3v) is 2.39. The van der Waals surface area contributed by atoms with Gasteiger partial charge in [-0.2, -0.15) is 5.10 Å². The second kappa shape index (κ2) is 5.43. The Hall–Kier alpha value is -0.900. The van der Waals surface area contributed by atoms with E-state index < -0.39 is 0 Å². The average molecular weight is 224 g/mol. The standard InChI is InChI=1S/C12H24N4/c1-10(2)6-7-16-11(13-9-15-16)8-14-12(3,4)5/h9-10,14H,6-8H2,1-5H3. The number of aryl methyl sites for hydroxylation is 1. The number of nitrogens with zero attached hydrogens (tertiary/aromatic N) is 3. The highest BCUT2D eigenvalue weighted by Gasteiger charge is 2.11. The molecule has 1 N–H and O–H groups in total. The molecule has 0 saturated carbocycles. The molecular formula is C12H24N4. The van der Waals surface area contributed by atoms with Crippen molar-refractivity contribution in [3.05, 3.63) is 12.2 Å². The highest BCUT2D eigenvalue weighted by Crippen LogP contribution is 2.05. The molecule has 1 aromatic heterocycles. The molecule has 0 radical (unpaired) electrons. The van der Waals surface area contributed by atoms with Crippen LogP contribution < -0.4 is 5.32 Å². The smallest absolute Gasteiger partial charge is 0.140 e. The van der Waals surface area contributed by atoms with Crippen LogP contribution in [0.4, 0.5) is 0 Å². The van der Waals surface area contributed by atoms with E-state index in [2.05, 4.69) is 50.0 Å². The first-order valence-corrected chi connectivity index (χ1v) is 6.00. The van der Waals surface area contributed by atoms with E-state index >= 15 is 0 Å². The van der Waals surface area contributed by atoms with E-state index in [1.807, 2.05) is 4.68 Å². The van der Waals surface area contributed by atoms with Crippen LogP contribution >= 0.6 is 0 Å². The third-order valence-electron chi connectivity index (χ3n) is 2.39. The fraction of sp³-hybridized carbons (Fsp3) is 0.833. The Kier molecular flexibility index (Phi) is 4.47. The van der Waals surface area contributed by atoms with Gasteiger partial charge in [-0.05, 0) is 33.1 Å². The molecule has 0 spiro atoms. The van der Waals surface area contributed by atoms with Gasteiger partial charge in [-0.25, -0.2) is 9.67 Å². The SMILES string of the molecule is CC(C)CCn1ncnc1CNC(C)(C)C. The Morgan fingerprint density at radius 1 is 1.38 bits per heavy atom. The van der Waals surface area contributed by atoms with Crippen molar-refractivity contribution < 1.29 is 0 Å². The predicted octanol–water partition coefficient (Wildman–Crippen LogP) is 2.21. The van der Waals surface area contributed by atoms with E-state index in [9.17, 15) is 0 Å². The molecule has 0 aromatic carbocycles. The van der Waals surface area contributed by atoms with Crippen molar-refractivity contribution in [2.45, 2.75) is 59.7 Å². The Balaban J connectivity index is 2.50. The van der Waals surface area contributed by atoms with Gasteiger partial charge in [-0.1, -0.05) is 13.8 Å². The summed E-state index contributed by atoms with van der Waals surface area (Å²) in [5, 5.41) is 7.68. The first kappa shape index (κ1) is 13.2. The van der Waals surface area contributed by atoms with Gasteiger partial charge < -0.3 is 5.32 Å². The van der Waals surface area contributed by atoms with Gasteiger partial charge in [0.2, 0.25) is 0 Å². The van der Waals surface area contributed by atoms with Gasteiger partial charge in [0.15, 0.2) is 0 Å². The summed E-state index contributed by atoms with van der Waals surface area (Å²) in [6.07, 6.45) is 2.78. The Morgan fingerprint density at radius 3 is 2.62 bits per heavy atom. The number of hydrogen-bond donors (Lipinski definition) is 1. The number of hydrogen-bond acceptors (Lipinski definition) is 3. The fourth-order valence-corrected chi connectivity index (χ4v) is 1.34. The molecule has 0 saturated heterocycles. The minimum atomic E-state index is 0.120. The maximum atomic E-state index is 4.29. The van der Waals surface area contributed by atoms with Crippen molar-refractivity contribution in [2.24, 2.45) is 5.92 Å². The van der Waals surface area contributed by atoms with Gasteiger partial charge in [0.05, 0.1) is 6.54 Å². The molecule has 0 amide bonds. The van der Waals surface area contributed by atoms with Crippen molar-refractivity contribution in [2.75, 3.05) is 0 Å². The van der Waals surface area contributed by atoms with Crippen molar-refractivity contribution in [1.29, 1.82) is 0 Å². The Bertz CT molecular complexity index is 309. The van der Waals surface area contributed by atoms with Gasteiger partial charge >= 0.3 is 0 Å². The maximum Gasteiger partial charge on any atom is 0.140 e. The van der Waals surface area contributed by atoms with E-state index in [1.165, 1.54) is 0 Å². The van der Waals surface area contributed by atoms with Crippen LogP contribution in [0.5, 0.6) is 0 Å². The second-order valence-electron chi connectivity index (χ2n) is 5.69. The van der Waals surface area contributed by atoms with Crippen LogP contribution in [0.15, 0.2) is 6.33 Å². The van der Waals surface area contributed by atoms with Crippen LogP contribution in [0.25, 0.3) is 0 Å². The topological polar surface area (TPSA) is 42.7 Å². The average Bonchev–Trinajstić information content (AvgIpc) is 2.57. The van der Waals surface area contributed by atoms with E-state index in [4.69, 9.17) is 0 Å². The van der Waals surface area contributed by atoms with Crippen LogP contribution in [0.2, 0.25) is 0 Å². The molecule has 0 atom stereocenters. The van der Waals surface area contributed by atoms with Gasteiger partial charge in [-0.15, -0.1) is 0 Å². The molecule has 0 aliphatic carbocycles. The largest absolute Gasteiger partial charge is 0.305 e. The summed E-state index contributed by atoms with van der Waals surface area (Å²) in [6, 6.07) is 0. The molecular weight excluding hydrogens is 200 g/mol.